The topological polar surface area (TPSA) is 77.0 Å². The van der Waals surface area contributed by atoms with Crippen LogP contribution in [0.1, 0.15) is 18.3 Å². The van der Waals surface area contributed by atoms with Gasteiger partial charge in [0.25, 0.3) is 5.69 Å². The van der Waals surface area contributed by atoms with Crippen molar-refractivity contribution in [2.24, 2.45) is 0 Å². The zero-order valence-corrected chi connectivity index (χ0v) is 7.56. The first-order valence-electron chi connectivity index (χ1n) is 3.90. The van der Waals surface area contributed by atoms with Crippen molar-refractivity contribution in [3.8, 4) is 6.07 Å². The number of esters is 1. The smallest absolute Gasteiger partial charge is 0.303 e. The summed E-state index contributed by atoms with van der Waals surface area (Å²) in [5.41, 5.74) is 0.217. The van der Waals surface area contributed by atoms with Crippen molar-refractivity contribution < 1.29 is 14.3 Å². The standard InChI is InChI=1S/C9H8N2O3/c1-7(12)14-6-9-4-2-3-8(5-10)11(9)13/h2-4H,6H2,1H3. The Hall–Kier alpha value is -2.09. The van der Waals surface area contributed by atoms with Crippen molar-refractivity contribution in [2.45, 2.75) is 13.5 Å². The fraction of sp³-hybridized carbons (Fsp3) is 0.222. The van der Waals surface area contributed by atoms with Crippen LogP contribution in [-0.4, -0.2) is 5.97 Å². The molecule has 0 saturated heterocycles. The van der Waals surface area contributed by atoms with E-state index >= 15 is 0 Å². The first-order valence-corrected chi connectivity index (χ1v) is 3.90. The summed E-state index contributed by atoms with van der Waals surface area (Å²) in [7, 11) is 0. The second kappa shape index (κ2) is 4.23. The summed E-state index contributed by atoms with van der Waals surface area (Å²) < 4.78 is 5.09. The van der Waals surface area contributed by atoms with Crippen LogP contribution in [0, 0.1) is 16.5 Å². The monoisotopic (exact) mass is 192 g/mol. The highest BCUT2D eigenvalue weighted by Gasteiger charge is 2.10. The van der Waals surface area contributed by atoms with E-state index in [2.05, 4.69) is 4.74 Å². The van der Waals surface area contributed by atoms with Gasteiger partial charge in [-0.1, -0.05) is 0 Å². The zero-order valence-electron chi connectivity index (χ0n) is 7.56. The molecule has 1 aromatic heterocycles. The minimum absolute atomic E-state index is 0.0188. The largest absolute Gasteiger partial charge is 0.617 e. The minimum Gasteiger partial charge on any atom is -0.617 e. The lowest BCUT2D eigenvalue weighted by Gasteiger charge is -2.04. The number of carbonyl (C=O) groups is 1. The summed E-state index contributed by atoms with van der Waals surface area (Å²) in [6, 6.07) is 6.18. The second-order valence-electron chi connectivity index (χ2n) is 2.59. The number of hydrogen-bond donors (Lipinski definition) is 0. The van der Waals surface area contributed by atoms with E-state index in [1.807, 2.05) is 0 Å². The molecule has 0 bridgehead atoms. The molecule has 0 radical (unpaired) electrons. The maximum atomic E-state index is 11.3. The van der Waals surface area contributed by atoms with Crippen LogP contribution >= 0.6 is 0 Å². The zero-order chi connectivity index (χ0) is 10.6. The van der Waals surface area contributed by atoms with E-state index in [0.29, 0.717) is 4.73 Å². The van der Waals surface area contributed by atoms with Crippen LogP contribution in [0.5, 0.6) is 0 Å². The average Bonchev–Trinajstić information content (AvgIpc) is 2.16. The third-order valence-corrected chi connectivity index (χ3v) is 1.56. The normalized spacial score (nSPS) is 9.14. The Morgan fingerprint density at radius 1 is 1.71 bits per heavy atom. The van der Waals surface area contributed by atoms with E-state index in [-0.39, 0.29) is 18.0 Å². The fourth-order valence-electron chi connectivity index (χ4n) is 0.905. The van der Waals surface area contributed by atoms with Crippen molar-refractivity contribution in [3.63, 3.8) is 0 Å². The summed E-state index contributed by atoms with van der Waals surface area (Å²) in [6.07, 6.45) is 0. The first-order chi connectivity index (χ1) is 6.65. The molecule has 72 valence electrons. The lowest BCUT2D eigenvalue weighted by molar-refractivity contribution is -0.619. The van der Waals surface area contributed by atoms with Gasteiger partial charge >= 0.3 is 5.97 Å². The Morgan fingerprint density at radius 2 is 2.43 bits per heavy atom. The number of rotatable bonds is 2. The number of carbonyl (C=O) groups excluding carboxylic acids is 1. The lowest BCUT2D eigenvalue weighted by atomic mass is 10.3. The Bertz CT molecular complexity index is 396. The van der Waals surface area contributed by atoms with E-state index < -0.39 is 5.97 Å². The van der Waals surface area contributed by atoms with Crippen LogP contribution in [0.4, 0.5) is 0 Å². The molecule has 0 aliphatic rings. The van der Waals surface area contributed by atoms with Crippen molar-refractivity contribution >= 4 is 5.97 Å². The maximum absolute atomic E-state index is 11.3. The molecule has 14 heavy (non-hydrogen) atoms. The van der Waals surface area contributed by atoms with Gasteiger partial charge in [-0.3, -0.25) is 4.79 Å². The first kappa shape index (κ1) is 9.99. The molecule has 0 saturated carbocycles. The highest BCUT2D eigenvalue weighted by Crippen LogP contribution is 1.97. The average molecular weight is 192 g/mol. The molecule has 5 nitrogen and oxygen atoms in total. The van der Waals surface area contributed by atoms with Gasteiger partial charge in [0.1, 0.15) is 0 Å². The number of nitrogens with zero attached hydrogens (tertiary/aromatic N) is 2. The van der Waals surface area contributed by atoms with Crippen molar-refractivity contribution in [2.75, 3.05) is 0 Å². The molecule has 1 rings (SSSR count). The van der Waals surface area contributed by atoms with Gasteiger partial charge in [-0.15, -0.1) is 0 Å². The highest BCUT2D eigenvalue weighted by atomic mass is 16.5. The van der Waals surface area contributed by atoms with Crippen LogP contribution in [0.2, 0.25) is 0 Å². The van der Waals surface area contributed by atoms with Gasteiger partial charge in [0.05, 0.1) is 0 Å². The number of pyridine rings is 1. The molecular weight excluding hydrogens is 184 g/mol. The van der Waals surface area contributed by atoms with E-state index in [1.165, 1.54) is 19.1 Å². The SMILES string of the molecule is CC(=O)OCc1cccc(C#N)[n+]1[O-]. The summed E-state index contributed by atoms with van der Waals surface area (Å²) in [5.74, 6) is -0.465. The number of ether oxygens (including phenoxy) is 1. The van der Waals surface area contributed by atoms with Crippen molar-refractivity contribution in [1.82, 2.24) is 0 Å². The van der Waals surface area contributed by atoms with Crippen LogP contribution in [0.3, 0.4) is 0 Å². The predicted molar refractivity (Wildman–Crippen MR) is 45.6 cm³/mol. The van der Waals surface area contributed by atoms with Gasteiger partial charge in [0, 0.05) is 19.1 Å². The minimum atomic E-state index is -0.465. The number of nitriles is 1. The van der Waals surface area contributed by atoms with Gasteiger partial charge in [0.15, 0.2) is 12.7 Å². The van der Waals surface area contributed by atoms with Crippen LogP contribution in [0.25, 0.3) is 0 Å². The van der Waals surface area contributed by atoms with Crippen molar-refractivity contribution in [3.05, 3.63) is 34.8 Å². The van der Waals surface area contributed by atoms with Crippen LogP contribution in [0.15, 0.2) is 18.2 Å². The third-order valence-electron chi connectivity index (χ3n) is 1.56. The molecule has 0 aliphatic carbocycles. The molecule has 0 unspecified atom stereocenters. The van der Waals surface area contributed by atoms with E-state index in [1.54, 1.807) is 12.1 Å². The van der Waals surface area contributed by atoms with E-state index in [4.69, 9.17) is 5.26 Å². The Labute approximate surface area is 80.7 Å². The lowest BCUT2D eigenvalue weighted by Crippen LogP contribution is -2.35. The maximum Gasteiger partial charge on any atom is 0.303 e. The number of aromatic nitrogens is 1. The molecule has 0 aliphatic heterocycles. The molecule has 1 heterocycles. The van der Waals surface area contributed by atoms with Gasteiger partial charge in [0.2, 0.25) is 5.69 Å². The second-order valence-corrected chi connectivity index (χ2v) is 2.59. The molecule has 0 spiro atoms. The third kappa shape index (κ3) is 2.20. The molecular formula is C9H8N2O3. The van der Waals surface area contributed by atoms with E-state index in [9.17, 15) is 10.0 Å². The Kier molecular flexibility index (Phi) is 3.02. The predicted octanol–water partition coefficient (Wildman–Crippen LogP) is 0.255. The van der Waals surface area contributed by atoms with E-state index in [0.717, 1.165) is 0 Å². The molecule has 0 fully saturated rings. The van der Waals surface area contributed by atoms with Crippen LogP contribution < -0.4 is 4.73 Å². The van der Waals surface area contributed by atoms with Crippen LogP contribution in [-0.2, 0) is 16.1 Å². The number of hydrogen-bond acceptors (Lipinski definition) is 4. The fourth-order valence-corrected chi connectivity index (χ4v) is 0.905. The van der Waals surface area contributed by atoms with Gasteiger partial charge in [-0.25, -0.2) is 0 Å². The van der Waals surface area contributed by atoms with Gasteiger partial charge in [-0.05, 0) is 6.07 Å². The summed E-state index contributed by atoms with van der Waals surface area (Å²) in [4.78, 5) is 10.5. The molecule has 1 aromatic rings. The Balaban J connectivity index is 2.88. The summed E-state index contributed by atoms with van der Waals surface area (Å²) in [6.45, 7) is 1.14. The van der Waals surface area contributed by atoms with Gasteiger partial charge in [-0.2, -0.15) is 9.99 Å². The molecule has 5 heteroatoms. The van der Waals surface area contributed by atoms with Gasteiger partial charge < -0.3 is 9.94 Å². The summed E-state index contributed by atoms with van der Waals surface area (Å²) in [5, 5.41) is 19.9. The molecule has 0 atom stereocenters. The Morgan fingerprint density at radius 3 is 3.00 bits per heavy atom. The molecule has 0 aromatic carbocycles. The highest BCUT2D eigenvalue weighted by molar-refractivity contribution is 5.65. The van der Waals surface area contributed by atoms with Crippen molar-refractivity contribution in [1.29, 1.82) is 5.26 Å². The molecule has 0 N–H and O–H groups in total. The summed E-state index contributed by atoms with van der Waals surface area (Å²) >= 11 is 0. The molecule has 0 amide bonds. The quantitative estimate of drug-likeness (QED) is 0.382.